The third-order valence-corrected chi connectivity index (χ3v) is 3.65. The molecule has 8 nitrogen and oxygen atoms in total. The molecular formula is C18H18N2O6. The van der Waals surface area contributed by atoms with Crippen LogP contribution >= 0.6 is 0 Å². The summed E-state index contributed by atoms with van der Waals surface area (Å²) in [5, 5.41) is 10.5. The fourth-order valence-electron chi connectivity index (χ4n) is 2.22. The quantitative estimate of drug-likeness (QED) is 0.606. The molecule has 8 heteroatoms. The highest BCUT2D eigenvalue weighted by atomic mass is 16.4. The Balaban J connectivity index is 0.000000148. The van der Waals surface area contributed by atoms with Gasteiger partial charge in [0.2, 0.25) is 11.8 Å². The van der Waals surface area contributed by atoms with Crippen LogP contribution in [0.15, 0.2) is 42.1 Å². The smallest absolute Gasteiger partial charge is 0.303 e. The largest absolute Gasteiger partial charge is 0.481 e. The van der Waals surface area contributed by atoms with Crippen molar-refractivity contribution in [1.82, 2.24) is 10.2 Å². The predicted molar refractivity (Wildman–Crippen MR) is 89.3 cm³/mol. The molecule has 2 fully saturated rings. The number of carbonyl (C=O) groups is 5. The number of hydrogen-bond donors (Lipinski definition) is 2. The second kappa shape index (κ2) is 8.70. The van der Waals surface area contributed by atoms with Crippen molar-refractivity contribution < 1.29 is 29.1 Å². The lowest BCUT2D eigenvalue weighted by Gasteiger charge is -1.97. The van der Waals surface area contributed by atoms with Crippen LogP contribution in [0.1, 0.15) is 31.2 Å². The van der Waals surface area contributed by atoms with Crippen LogP contribution in [0.3, 0.4) is 0 Å². The molecular weight excluding hydrogens is 340 g/mol. The summed E-state index contributed by atoms with van der Waals surface area (Å²) in [6.45, 7) is 0. The first-order valence-electron chi connectivity index (χ1n) is 8.07. The number of aliphatic carboxylic acids is 1. The number of nitrogens with one attached hydrogen (secondary N) is 1. The van der Waals surface area contributed by atoms with Crippen molar-refractivity contribution in [3.8, 4) is 0 Å². The molecule has 2 N–H and O–H groups in total. The summed E-state index contributed by atoms with van der Waals surface area (Å²) in [6, 6.07) is 9.93. The summed E-state index contributed by atoms with van der Waals surface area (Å²) >= 11 is 0. The standard InChI is InChI=1S/C10H12O2.C4HNO2.C4H5NO2/c11-10(12)8-4-7-9-5-2-1-3-6-9;6-3-1-2-4(7)5(2)3;6-3-1-2-4(7)5-3/h1-3,5-6H,4,7-8H2,(H,11,12);1H;1-2H2,(H,5,6,7). The van der Waals surface area contributed by atoms with Crippen molar-refractivity contribution in [1.29, 1.82) is 0 Å². The number of carbonyl (C=O) groups excluding carboxylic acids is 4. The van der Waals surface area contributed by atoms with Gasteiger partial charge in [0.15, 0.2) is 0 Å². The van der Waals surface area contributed by atoms with Crippen LogP contribution in [0, 0.1) is 0 Å². The van der Waals surface area contributed by atoms with Crippen LogP contribution in [0.4, 0.5) is 0 Å². The van der Waals surface area contributed by atoms with Crippen molar-refractivity contribution >= 4 is 29.6 Å². The first-order valence-corrected chi connectivity index (χ1v) is 8.07. The number of carboxylic acid groups (broad SMARTS) is 1. The number of fused-ring (bicyclic) bond motifs is 1. The molecule has 3 aliphatic heterocycles. The van der Waals surface area contributed by atoms with Crippen LogP contribution in [0.5, 0.6) is 0 Å². The molecule has 1 aromatic rings. The van der Waals surface area contributed by atoms with E-state index in [2.05, 4.69) is 5.32 Å². The van der Waals surface area contributed by atoms with Gasteiger partial charge in [-0.1, -0.05) is 30.3 Å². The van der Waals surface area contributed by atoms with E-state index >= 15 is 0 Å². The maximum absolute atomic E-state index is 10.2. The number of aryl methyl sites for hydroxylation is 1. The van der Waals surface area contributed by atoms with Crippen LogP contribution in [-0.2, 0) is 30.4 Å². The van der Waals surface area contributed by atoms with Gasteiger partial charge in [-0.15, -0.1) is 0 Å². The van der Waals surface area contributed by atoms with E-state index in [0.29, 0.717) is 18.5 Å². The molecule has 0 atom stereocenters. The van der Waals surface area contributed by atoms with E-state index in [1.165, 1.54) is 11.6 Å². The van der Waals surface area contributed by atoms with Gasteiger partial charge in [0.1, 0.15) is 5.70 Å². The molecule has 3 heterocycles. The second-order valence-electron chi connectivity index (χ2n) is 5.71. The molecule has 2 saturated heterocycles. The third-order valence-electron chi connectivity index (χ3n) is 3.65. The number of benzene rings is 1. The zero-order chi connectivity index (χ0) is 19.1. The van der Waals surface area contributed by atoms with Gasteiger partial charge < -0.3 is 5.11 Å². The lowest BCUT2D eigenvalue weighted by atomic mass is 10.1. The Morgan fingerprint density at radius 2 is 1.65 bits per heavy atom. The Labute approximate surface area is 149 Å². The van der Waals surface area contributed by atoms with Gasteiger partial charge in [-0.05, 0) is 18.4 Å². The van der Waals surface area contributed by atoms with E-state index in [0.717, 1.165) is 17.7 Å². The average molecular weight is 358 g/mol. The summed E-state index contributed by atoms with van der Waals surface area (Å²) in [5.74, 6) is -1.30. The molecule has 0 radical (unpaired) electrons. The van der Waals surface area contributed by atoms with E-state index < -0.39 is 5.97 Å². The zero-order valence-electron chi connectivity index (χ0n) is 13.9. The van der Waals surface area contributed by atoms with Gasteiger partial charge in [0, 0.05) is 25.3 Å². The molecule has 0 aliphatic carbocycles. The molecule has 0 bridgehead atoms. The van der Waals surface area contributed by atoms with Crippen molar-refractivity contribution in [2.75, 3.05) is 0 Å². The molecule has 26 heavy (non-hydrogen) atoms. The fourth-order valence-corrected chi connectivity index (χ4v) is 2.22. The average Bonchev–Trinajstić information content (AvgIpc) is 2.92. The molecule has 3 aliphatic rings. The van der Waals surface area contributed by atoms with Gasteiger partial charge in [-0.2, -0.15) is 0 Å². The van der Waals surface area contributed by atoms with E-state index in [1.807, 2.05) is 30.3 Å². The highest BCUT2D eigenvalue weighted by Crippen LogP contribution is 2.33. The summed E-state index contributed by atoms with van der Waals surface area (Å²) in [6.07, 6.45) is 3.92. The van der Waals surface area contributed by atoms with Crippen molar-refractivity contribution in [3.05, 3.63) is 47.7 Å². The summed E-state index contributed by atoms with van der Waals surface area (Å²) in [4.78, 5) is 51.8. The predicted octanol–water partition coefficient (Wildman–Crippen LogP) is 0.770. The van der Waals surface area contributed by atoms with Gasteiger partial charge >= 0.3 is 5.97 Å². The Kier molecular flexibility index (Phi) is 6.37. The lowest BCUT2D eigenvalue weighted by molar-refractivity contribution is -0.137. The lowest BCUT2D eigenvalue weighted by Crippen LogP contribution is -2.18. The number of imide groups is 2. The SMILES string of the molecule is O=C(O)CCCc1ccccc1.O=C1C=C2C(=O)N12.O=C1CCC(=O)N1. The Morgan fingerprint density at radius 3 is 1.96 bits per heavy atom. The second-order valence-corrected chi connectivity index (χ2v) is 5.71. The minimum Gasteiger partial charge on any atom is -0.481 e. The maximum atomic E-state index is 10.2. The number of hydrogen-bond acceptors (Lipinski definition) is 5. The van der Waals surface area contributed by atoms with Gasteiger partial charge in [0.25, 0.3) is 11.8 Å². The number of carboxylic acids is 1. The number of rotatable bonds is 4. The minimum atomic E-state index is -0.717. The van der Waals surface area contributed by atoms with E-state index in [4.69, 9.17) is 5.11 Å². The van der Waals surface area contributed by atoms with Gasteiger partial charge in [-0.25, -0.2) is 4.90 Å². The number of amides is 4. The van der Waals surface area contributed by atoms with Crippen LogP contribution < -0.4 is 5.32 Å². The zero-order valence-corrected chi connectivity index (χ0v) is 13.9. The third kappa shape index (κ3) is 5.66. The molecule has 0 spiro atoms. The normalized spacial score (nSPS) is 16.2. The minimum absolute atomic E-state index is 0.120. The molecule has 0 unspecified atom stereocenters. The van der Waals surface area contributed by atoms with Gasteiger partial charge in [-0.3, -0.25) is 29.3 Å². The Hall–Kier alpha value is -3.29. The molecule has 0 saturated carbocycles. The Morgan fingerprint density at radius 1 is 1.04 bits per heavy atom. The summed E-state index contributed by atoms with van der Waals surface area (Å²) < 4.78 is 0. The first kappa shape index (κ1) is 19.0. The summed E-state index contributed by atoms with van der Waals surface area (Å²) in [7, 11) is 0. The van der Waals surface area contributed by atoms with Crippen LogP contribution in [-0.4, -0.2) is 39.6 Å². The molecule has 4 rings (SSSR count). The highest BCUT2D eigenvalue weighted by molar-refractivity contribution is 6.32. The molecule has 4 amide bonds. The van der Waals surface area contributed by atoms with Gasteiger partial charge in [0.05, 0.1) is 0 Å². The van der Waals surface area contributed by atoms with E-state index in [1.54, 1.807) is 0 Å². The Bertz CT molecular complexity index is 747. The fraction of sp³-hybridized carbons (Fsp3) is 0.278. The molecule has 136 valence electrons. The topological polar surface area (TPSA) is 121 Å². The van der Waals surface area contributed by atoms with E-state index in [9.17, 15) is 24.0 Å². The number of nitrogens with zero attached hydrogens (tertiary/aromatic N) is 1. The van der Waals surface area contributed by atoms with Crippen LogP contribution in [0.25, 0.3) is 0 Å². The maximum Gasteiger partial charge on any atom is 0.303 e. The molecule has 1 aromatic carbocycles. The van der Waals surface area contributed by atoms with E-state index in [-0.39, 0.29) is 30.0 Å². The van der Waals surface area contributed by atoms with Crippen molar-refractivity contribution in [2.45, 2.75) is 32.1 Å². The van der Waals surface area contributed by atoms with Crippen molar-refractivity contribution in [2.24, 2.45) is 0 Å². The highest BCUT2D eigenvalue weighted by Gasteiger charge is 2.52. The summed E-state index contributed by atoms with van der Waals surface area (Å²) in [5.41, 5.74) is 1.78. The van der Waals surface area contributed by atoms with Crippen LogP contribution in [0.2, 0.25) is 0 Å². The monoisotopic (exact) mass is 358 g/mol. The molecule has 0 aromatic heterocycles. The first-order chi connectivity index (χ1) is 12.4. The van der Waals surface area contributed by atoms with Crippen molar-refractivity contribution in [3.63, 3.8) is 0 Å².